The van der Waals surface area contributed by atoms with Crippen LogP contribution in [0.15, 0.2) is 39.5 Å². The van der Waals surface area contributed by atoms with Crippen LogP contribution in [0.4, 0.5) is 4.39 Å². The van der Waals surface area contributed by atoms with E-state index in [9.17, 15) is 4.39 Å². The highest BCUT2D eigenvalue weighted by molar-refractivity contribution is 9.10. The van der Waals surface area contributed by atoms with Gasteiger partial charge in [0.1, 0.15) is 22.4 Å². The molecule has 0 amide bonds. The molecule has 0 fully saturated rings. The smallest absolute Gasteiger partial charge is 0.233 e. The Morgan fingerprint density at radius 1 is 1.33 bits per heavy atom. The fraction of sp³-hybridized carbons (Fsp3) is 0.100. The van der Waals surface area contributed by atoms with Crippen LogP contribution in [0.5, 0.6) is 5.75 Å². The van der Waals surface area contributed by atoms with Gasteiger partial charge >= 0.3 is 0 Å². The Morgan fingerprint density at radius 3 is 2.67 bits per heavy atom. The molecule has 1 aromatic heterocycles. The Hall–Kier alpha value is -1.36. The maximum atomic E-state index is 12.6. The van der Waals surface area contributed by atoms with Crippen molar-refractivity contribution in [2.24, 2.45) is 0 Å². The van der Waals surface area contributed by atoms with Gasteiger partial charge in [-0.3, -0.25) is 0 Å². The molecule has 0 N–H and O–H groups in total. The SMILES string of the molecule is Fc1ccc(OCc2nc(Br)co2)cc1. The zero-order valence-electron chi connectivity index (χ0n) is 7.61. The highest BCUT2D eigenvalue weighted by Crippen LogP contribution is 2.14. The molecule has 78 valence electrons. The second kappa shape index (κ2) is 4.44. The molecule has 0 bridgehead atoms. The van der Waals surface area contributed by atoms with Gasteiger partial charge in [-0.2, -0.15) is 0 Å². The van der Waals surface area contributed by atoms with Gasteiger partial charge in [-0.05, 0) is 40.2 Å². The van der Waals surface area contributed by atoms with Crippen molar-refractivity contribution in [3.05, 3.63) is 46.8 Å². The lowest BCUT2D eigenvalue weighted by Crippen LogP contribution is -1.95. The quantitative estimate of drug-likeness (QED) is 0.860. The molecule has 0 unspecified atom stereocenters. The molecule has 1 aromatic carbocycles. The van der Waals surface area contributed by atoms with Gasteiger partial charge in [0.05, 0.1) is 0 Å². The summed E-state index contributed by atoms with van der Waals surface area (Å²) in [6, 6.07) is 5.77. The molecule has 0 aliphatic carbocycles. The standard InChI is InChI=1S/C10H7BrFNO2/c11-9-5-15-10(13-9)6-14-8-3-1-7(12)2-4-8/h1-5H,6H2. The first kappa shape index (κ1) is 10.2. The monoisotopic (exact) mass is 271 g/mol. The minimum absolute atomic E-state index is 0.219. The summed E-state index contributed by atoms with van der Waals surface area (Å²) in [7, 11) is 0. The zero-order valence-corrected chi connectivity index (χ0v) is 9.20. The molecular formula is C10H7BrFNO2. The molecule has 3 nitrogen and oxygen atoms in total. The van der Waals surface area contributed by atoms with Crippen LogP contribution in [0, 0.1) is 5.82 Å². The highest BCUT2D eigenvalue weighted by atomic mass is 79.9. The third kappa shape index (κ3) is 2.79. The van der Waals surface area contributed by atoms with E-state index in [4.69, 9.17) is 9.15 Å². The normalized spacial score (nSPS) is 10.3. The second-order valence-electron chi connectivity index (χ2n) is 2.81. The van der Waals surface area contributed by atoms with E-state index >= 15 is 0 Å². The number of hydrogen-bond acceptors (Lipinski definition) is 3. The van der Waals surface area contributed by atoms with Gasteiger partial charge in [0.15, 0.2) is 6.61 Å². The van der Waals surface area contributed by atoms with E-state index in [-0.39, 0.29) is 12.4 Å². The minimum Gasteiger partial charge on any atom is -0.484 e. The summed E-state index contributed by atoms with van der Waals surface area (Å²) in [4.78, 5) is 3.99. The number of rotatable bonds is 3. The average molecular weight is 272 g/mol. The van der Waals surface area contributed by atoms with E-state index in [0.29, 0.717) is 16.2 Å². The summed E-state index contributed by atoms with van der Waals surface area (Å²) >= 11 is 3.16. The maximum Gasteiger partial charge on any atom is 0.233 e. The van der Waals surface area contributed by atoms with Crippen LogP contribution in [0.3, 0.4) is 0 Å². The van der Waals surface area contributed by atoms with Crippen LogP contribution in [-0.2, 0) is 6.61 Å². The molecule has 15 heavy (non-hydrogen) atoms. The van der Waals surface area contributed by atoms with E-state index < -0.39 is 0 Å². The number of nitrogens with zero attached hydrogens (tertiary/aromatic N) is 1. The van der Waals surface area contributed by atoms with Crippen LogP contribution in [0.1, 0.15) is 5.89 Å². The molecular weight excluding hydrogens is 265 g/mol. The zero-order chi connectivity index (χ0) is 10.7. The minimum atomic E-state index is -0.291. The third-order valence-corrected chi connectivity index (χ3v) is 2.06. The predicted octanol–water partition coefficient (Wildman–Crippen LogP) is 3.16. The molecule has 1 heterocycles. The first-order chi connectivity index (χ1) is 7.24. The Morgan fingerprint density at radius 2 is 2.07 bits per heavy atom. The number of benzene rings is 1. The molecule has 5 heteroatoms. The van der Waals surface area contributed by atoms with Gasteiger partial charge in [-0.15, -0.1) is 0 Å². The largest absolute Gasteiger partial charge is 0.484 e. The Bertz CT molecular complexity index is 441. The van der Waals surface area contributed by atoms with E-state index in [1.165, 1.54) is 18.4 Å². The van der Waals surface area contributed by atoms with Gasteiger partial charge in [0.2, 0.25) is 5.89 Å². The van der Waals surface area contributed by atoms with Crippen LogP contribution in [0.2, 0.25) is 0 Å². The van der Waals surface area contributed by atoms with Crippen molar-refractivity contribution >= 4 is 15.9 Å². The van der Waals surface area contributed by atoms with Crippen LogP contribution in [-0.4, -0.2) is 4.98 Å². The van der Waals surface area contributed by atoms with Crippen molar-refractivity contribution in [3.63, 3.8) is 0 Å². The first-order valence-corrected chi connectivity index (χ1v) is 5.01. The summed E-state index contributed by atoms with van der Waals surface area (Å²) in [6.07, 6.45) is 1.48. The molecule has 0 saturated heterocycles. The van der Waals surface area contributed by atoms with Gasteiger partial charge < -0.3 is 9.15 Å². The highest BCUT2D eigenvalue weighted by Gasteiger charge is 2.02. The third-order valence-electron chi connectivity index (χ3n) is 1.70. The number of aromatic nitrogens is 1. The Kier molecular flexibility index (Phi) is 3.01. The fourth-order valence-corrected chi connectivity index (χ4v) is 1.32. The van der Waals surface area contributed by atoms with E-state index in [0.717, 1.165) is 0 Å². The number of ether oxygens (including phenoxy) is 1. The van der Waals surface area contributed by atoms with Gasteiger partial charge in [-0.1, -0.05) is 0 Å². The molecule has 0 saturated carbocycles. The lowest BCUT2D eigenvalue weighted by molar-refractivity contribution is 0.262. The van der Waals surface area contributed by atoms with Crippen LogP contribution in [0.25, 0.3) is 0 Å². The van der Waals surface area contributed by atoms with E-state index in [1.807, 2.05) is 0 Å². The van der Waals surface area contributed by atoms with Crippen molar-refractivity contribution in [1.29, 1.82) is 0 Å². The summed E-state index contributed by atoms with van der Waals surface area (Å²) in [5.41, 5.74) is 0. The van der Waals surface area contributed by atoms with Gasteiger partial charge in [0, 0.05) is 0 Å². The topological polar surface area (TPSA) is 35.3 Å². The summed E-state index contributed by atoms with van der Waals surface area (Å²) in [5, 5.41) is 0. The van der Waals surface area contributed by atoms with Crippen LogP contribution >= 0.6 is 15.9 Å². The average Bonchev–Trinajstić information content (AvgIpc) is 2.64. The van der Waals surface area contributed by atoms with Crippen molar-refractivity contribution in [3.8, 4) is 5.75 Å². The first-order valence-electron chi connectivity index (χ1n) is 4.22. The summed E-state index contributed by atoms with van der Waals surface area (Å²) in [5.74, 6) is 0.748. The van der Waals surface area contributed by atoms with Crippen molar-refractivity contribution < 1.29 is 13.5 Å². The van der Waals surface area contributed by atoms with Crippen molar-refractivity contribution in [2.75, 3.05) is 0 Å². The molecule has 2 rings (SSSR count). The molecule has 0 aliphatic heterocycles. The lowest BCUT2D eigenvalue weighted by Gasteiger charge is -2.02. The van der Waals surface area contributed by atoms with Crippen molar-refractivity contribution in [1.82, 2.24) is 4.98 Å². The molecule has 0 spiro atoms. The van der Waals surface area contributed by atoms with Crippen LogP contribution < -0.4 is 4.74 Å². The van der Waals surface area contributed by atoms with E-state index in [1.54, 1.807) is 12.1 Å². The second-order valence-corrected chi connectivity index (χ2v) is 3.62. The van der Waals surface area contributed by atoms with Gasteiger partial charge in [0.25, 0.3) is 0 Å². The summed E-state index contributed by atoms with van der Waals surface area (Å²) < 4.78 is 23.6. The molecule has 0 atom stereocenters. The Balaban J connectivity index is 1.96. The lowest BCUT2D eigenvalue weighted by atomic mass is 10.3. The Labute approximate surface area is 94.0 Å². The fourth-order valence-electron chi connectivity index (χ4n) is 1.03. The number of oxazole rings is 1. The van der Waals surface area contributed by atoms with E-state index in [2.05, 4.69) is 20.9 Å². The molecule has 2 aromatic rings. The maximum absolute atomic E-state index is 12.6. The molecule has 0 aliphatic rings. The number of halogens is 2. The summed E-state index contributed by atoms with van der Waals surface area (Å²) in [6.45, 7) is 0.219. The van der Waals surface area contributed by atoms with Gasteiger partial charge in [-0.25, -0.2) is 9.37 Å². The van der Waals surface area contributed by atoms with Crippen molar-refractivity contribution in [2.45, 2.75) is 6.61 Å². The number of hydrogen-bond donors (Lipinski definition) is 0. The predicted molar refractivity (Wildman–Crippen MR) is 54.9 cm³/mol. The molecule has 0 radical (unpaired) electrons.